The molecule has 4 unspecified atom stereocenters. The van der Waals surface area contributed by atoms with Gasteiger partial charge in [0.15, 0.2) is 0 Å². The Morgan fingerprint density at radius 2 is 1.80 bits per heavy atom. The van der Waals surface area contributed by atoms with E-state index in [0.29, 0.717) is 16.7 Å². The molecule has 0 spiro atoms. The van der Waals surface area contributed by atoms with Crippen LogP contribution in [0, 0.1) is 28.6 Å². The number of hydrogen-bond donors (Lipinski definition) is 0. The van der Waals surface area contributed by atoms with Crippen LogP contribution in [0.2, 0.25) is 0 Å². The Hall–Kier alpha value is -0.780. The fraction of sp³-hybridized carbons (Fsp3) is 0.800. The summed E-state index contributed by atoms with van der Waals surface area (Å²) < 4.78 is 0. The average Bonchev–Trinajstić information content (AvgIpc) is 2.77. The molecule has 0 aromatic heterocycles. The zero-order chi connectivity index (χ0) is 21.5. The lowest BCUT2D eigenvalue weighted by Crippen LogP contribution is -2.46. The molecule has 3 aliphatic rings. The third-order valence-corrected chi connectivity index (χ3v) is 8.57. The minimum atomic E-state index is 0.380. The third kappa shape index (κ3) is 5.16. The molecule has 0 aliphatic heterocycles. The number of unbranched alkanes of at least 4 members (excludes halogenated alkanes) is 2. The van der Waals surface area contributed by atoms with Crippen molar-refractivity contribution in [3.8, 4) is 0 Å². The summed E-state index contributed by atoms with van der Waals surface area (Å²) in [7, 11) is 0. The Morgan fingerprint density at radius 3 is 2.50 bits per heavy atom. The van der Waals surface area contributed by atoms with Gasteiger partial charge in [0, 0.05) is 0 Å². The van der Waals surface area contributed by atoms with Crippen molar-refractivity contribution in [2.24, 2.45) is 28.6 Å². The quantitative estimate of drug-likeness (QED) is 0.314. The molecule has 0 aromatic rings. The SMILES string of the molecule is CCCCC1CCCC=C1C1(CCCC)CCC=CC1C1(CC(C)C)C=CCCC1. The van der Waals surface area contributed by atoms with Crippen molar-refractivity contribution in [1.29, 1.82) is 0 Å². The van der Waals surface area contributed by atoms with Crippen molar-refractivity contribution in [2.75, 3.05) is 0 Å². The first-order valence-electron chi connectivity index (χ1n) is 13.6. The van der Waals surface area contributed by atoms with Crippen molar-refractivity contribution in [2.45, 2.75) is 124 Å². The highest BCUT2D eigenvalue weighted by Crippen LogP contribution is 2.61. The highest BCUT2D eigenvalue weighted by molar-refractivity contribution is 5.30. The van der Waals surface area contributed by atoms with Crippen molar-refractivity contribution in [1.82, 2.24) is 0 Å². The monoisotopic (exact) mass is 410 g/mol. The van der Waals surface area contributed by atoms with Gasteiger partial charge in [0.1, 0.15) is 0 Å². The van der Waals surface area contributed by atoms with Gasteiger partial charge < -0.3 is 0 Å². The molecule has 0 heterocycles. The molecule has 0 bridgehead atoms. The second kappa shape index (κ2) is 11.2. The van der Waals surface area contributed by atoms with Crippen molar-refractivity contribution >= 4 is 0 Å². The molecule has 3 aliphatic carbocycles. The van der Waals surface area contributed by atoms with Crippen molar-refractivity contribution in [3.63, 3.8) is 0 Å². The molecule has 0 nitrogen and oxygen atoms in total. The summed E-state index contributed by atoms with van der Waals surface area (Å²) in [6.07, 6.45) is 33.9. The van der Waals surface area contributed by atoms with Crippen LogP contribution in [0.1, 0.15) is 124 Å². The van der Waals surface area contributed by atoms with Gasteiger partial charge in [-0.05, 0) is 99.2 Å². The summed E-state index contributed by atoms with van der Waals surface area (Å²) in [6.45, 7) is 9.67. The first-order valence-corrected chi connectivity index (χ1v) is 13.6. The topological polar surface area (TPSA) is 0 Å². The zero-order valence-corrected chi connectivity index (χ0v) is 20.7. The standard InChI is InChI=1S/C30H50/c1-5-7-16-26-17-10-11-18-27(26)30(22-8-6-2)23-15-12-19-28(30)29(24-25(3)4)20-13-9-14-21-29/h12-13,18-20,25-26,28H,5-11,14-17,21-24H2,1-4H3. The lowest BCUT2D eigenvalue weighted by atomic mass is 9.49. The van der Waals surface area contributed by atoms with E-state index in [4.69, 9.17) is 0 Å². The molecule has 0 heteroatoms. The maximum absolute atomic E-state index is 2.77. The van der Waals surface area contributed by atoms with Crippen molar-refractivity contribution < 1.29 is 0 Å². The average molecular weight is 411 g/mol. The molecule has 0 saturated heterocycles. The second-order valence-electron chi connectivity index (χ2n) is 11.3. The van der Waals surface area contributed by atoms with Crippen molar-refractivity contribution in [3.05, 3.63) is 36.0 Å². The van der Waals surface area contributed by atoms with E-state index < -0.39 is 0 Å². The fourth-order valence-electron chi connectivity index (χ4n) is 7.47. The Labute approximate surface area is 188 Å². The normalized spacial score (nSPS) is 34.4. The van der Waals surface area contributed by atoms with Gasteiger partial charge >= 0.3 is 0 Å². The molecule has 4 atom stereocenters. The summed E-state index contributed by atoms with van der Waals surface area (Å²) >= 11 is 0. The molecule has 0 saturated carbocycles. The molecule has 0 aromatic carbocycles. The number of allylic oxidation sites excluding steroid dienone is 6. The number of hydrogen-bond acceptors (Lipinski definition) is 0. The Kier molecular flexibility index (Phi) is 8.91. The number of rotatable bonds is 10. The second-order valence-corrected chi connectivity index (χ2v) is 11.3. The van der Waals surface area contributed by atoms with Gasteiger partial charge in [-0.15, -0.1) is 0 Å². The van der Waals surface area contributed by atoms with Crippen LogP contribution in [0.15, 0.2) is 36.0 Å². The van der Waals surface area contributed by atoms with Crippen LogP contribution >= 0.6 is 0 Å². The van der Waals surface area contributed by atoms with Gasteiger partial charge in [-0.1, -0.05) is 89.3 Å². The minimum Gasteiger partial charge on any atom is -0.0882 e. The summed E-state index contributed by atoms with van der Waals surface area (Å²) in [6, 6.07) is 0. The van der Waals surface area contributed by atoms with E-state index in [-0.39, 0.29) is 0 Å². The van der Waals surface area contributed by atoms with E-state index in [1.54, 1.807) is 0 Å². The van der Waals surface area contributed by atoms with Crippen LogP contribution in [0.25, 0.3) is 0 Å². The van der Waals surface area contributed by atoms with E-state index in [9.17, 15) is 0 Å². The Bertz CT molecular complexity index is 606. The summed E-state index contributed by atoms with van der Waals surface area (Å²) in [4.78, 5) is 0. The maximum atomic E-state index is 2.77. The predicted octanol–water partition coefficient (Wildman–Crippen LogP) is 9.82. The molecule has 30 heavy (non-hydrogen) atoms. The van der Waals surface area contributed by atoms with Crippen LogP contribution in [-0.4, -0.2) is 0 Å². The molecular formula is C30H50. The first kappa shape index (κ1) is 23.9. The van der Waals surface area contributed by atoms with Gasteiger partial charge in [0.05, 0.1) is 0 Å². The van der Waals surface area contributed by atoms with Crippen LogP contribution in [0.5, 0.6) is 0 Å². The molecule has 0 N–H and O–H groups in total. The predicted molar refractivity (Wildman–Crippen MR) is 134 cm³/mol. The van der Waals surface area contributed by atoms with E-state index in [2.05, 4.69) is 58.1 Å². The molecule has 0 radical (unpaired) electrons. The van der Waals surface area contributed by atoms with Gasteiger partial charge in [-0.25, -0.2) is 0 Å². The summed E-state index contributed by atoms with van der Waals surface area (Å²) in [5.74, 6) is 2.33. The largest absolute Gasteiger partial charge is 0.0882 e. The highest BCUT2D eigenvalue weighted by atomic mass is 14.6. The molecular weight excluding hydrogens is 360 g/mol. The molecule has 3 rings (SSSR count). The summed E-state index contributed by atoms with van der Waals surface area (Å²) in [5, 5.41) is 0. The lowest BCUT2D eigenvalue weighted by Gasteiger charge is -2.55. The van der Waals surface area contributed by atoms with Gasteiger partial charge in [-0.3, -0.25) is 0 Å². The van der Waals surface area contributed by atoms with Crippen LogP contribution < -0.4 is 0 Å². The maximum Gasteiger partial charge on any atom is -0.00114 e. The Morgan fingerprint density at radius 1 is 0.967 bits per heavy atom. The highest BCUT2D eigenvalue weighted by Gasteiger charge is 2.52. The third-order valence-electron chi connectivity index (χ3n) is 8.57. The van der Waals surface area contributed by atoms with E-state index >= 15 is 0 Å². The van der Waals surface area contributed by atoms with E-state index in [1.807, 2.05) is 5.57 Å². The van der Waals surface area contributed by atoms with Crippen LogP contribution in [-0.2, 0) is 0 Å². The molecule has 0 fully saturated rings. The Balaban J connectivity index is 2.07. The van der Waals surface area contributed by atoms with Gasteiger partial charge in [-0.2, -0.15) is 0 Å². The smallest absolute Gasteiger partial charge is 0.00114 e. The lowest BCUT2D eigenvalue weighted by molar-refractivity contribution is 0.0550. The summed E-state index contributed by atoms with van der Waals surface area (Å²) in [5.41, 5.74) is 2.72. The minimum absolute atomic E-state index is 0.380. The van der Waals surface area contributed by atoms with E-state index in [0.717, 1.165) is 11.8 Å². The fourth-order valence-corrected chi connectivity index (χ4v) is 7.47. The van der Waals surface area contributed by atoms with E-state index in [1.165, 1.54) is 96.3 Å². The van der Waals surface area contributed by atoms with Gasteiger partial charge in [0.2, 0.25) is 0 Å². The molecule has 170 valence electrons. The molecule has 0 amide bonds. The first-order chi connectivity index (χ1) is 14.6. The zero-order valence-electron chi connectivity index (χ0n) is 20.7. The van der Waals surface area contributed by atoms with Gasteiger partial charge in [0.25, 0.3) is 0 Å². The van der Waals surface area contributed by atoms with Crippen LogP contribution in [0.3, 0.4) is 0 Å². The van der Waals surface area contributed by atoms with Crippen LogP contribution in [0.4, 0.5) is 0 Å².